The predicted octanol–water partition coefficient (Wildman–Crippen LogP) is 3.64. The second-order valence-electron chi connectivity index (χ2n) is 6.52. The van der Waals surface area contributed by atoms with Gasteiger partial charge in [0.25, 0.3) is 11.8 Å². The number of nitrogens with one attached hydrogen (secondary N) is 2. The number of rotatable bonds is 7. The van der Waals surface area contributed by atoms with Crippen LogP contribution in [0, 0.1) is 0 Å². The van der Waals surface area contributed by atoms with Crippen molar-refractivity contribution in [3.63, 3.8) is 0 Å². The van der Waals surface area contributed by atoms with E-state index in [9.17, 15) is 22.8 Å². The number of amides is 2. The molecule has 28 heavy (non-hydrogen) atoms. The fourth-order valence-electron chi connectivity index (χ4n) is 2.45. The fraction of sp³-hybridized carbons (Fsp3) is 0.300. The molecule has 2 rings (SSSR count). The van der Waals surface area contributed by atoms with Crippen molar-refractivity contribution in [2.75, 3.05) is 32.5 Å². The van der Waals surface area contributed by atoms with Gasteiger partial charge in [-0.3, -0.25) is 9.59 Å². The number of hydrogen-bond acceptors (Lipinski definition) is 3. The monoisotopic (exact) mass is 393 g/mol. The first kappa shape index (κ1) is 21.4. The summed E-state index contributed by atoms with van der Waals surface area (Å²) in [7, 11) is 3.89. The molecule has 150 valence electrons. The minimum atomic E-state index is -4.43. The van der Waals surface area contributed by atoms with E-state index in [0.717, 1.165) is 25.1 Å². The Morgan fingerprint density at radius 2 is 1.57 bits per heavy atom. The lowest BCUT2D eigenvalue weighted by Crippen LogP contribution is -2.27. The molecule has 2 aromatic rings. The van der Waals surface area contributed by atoms with E-state index in [0.29, 0.717) is 12.1 Å². The Bertz CT molecular complexity index is 818. The van der Waals surface area contributed by atoms with Crippen molar-refractivity contribution < 1.29 is 22.8 Å². The van der Waals surface area contributed by atoms with Crippen LogP contribution in [-0.4, -0.2) is 43.9 Å². The molecule has 0 spiro atoms. The van der Waals surface area contributed by atoms with Gasteiger partial charge >= 0.3 is 6.18 Å². The number of anilines is 1. The quantitative estimate of drug-likeness (QED) is 0.706. The maximum Gasteiger partial charge on any atom is 0.416 e. The largest absolute Gasteiger partial charge is 0.416 e. The highest BCUT2D eigenvalue weighted by molar-refractivity contribution is 6.06. The lowest BCUT2D eigenvalue weighted by atomic mass is 10.1. The number of carbonyl (C=O) groups is 2. The summed E-state index contributed by atoms with van der Waals surface area (Å²) in [5.41, 5.74) is 0.0146. The van der Waals surface area contributed by atoms with Crippen LogP contribution in [0.2, 0.25) is 0 Å². The Hall–Kier alpha value is -2.87. The molecule has 0 unspecified atom stereocenters. The van der Waals surface area contributed by atoms with E-state index in [1.165, 1.54) is 24.3 Å². The molecule has 0 aliphatic carbocycles. The van der Waals surface area contributed by atoms with E-state index in [2.05, 4.69) is 10.6 Å². The van der Waals surface area contributed by atoms with E-state index < -0.39 is 17.6 Å². The van der Waals surface area contributed by atoms with Gasteiger partial charge in [-0.05, 0) is 69.5 Å². The van der Waals surface area contributed by atoms with Crippen molar-refractivity contribution in [3.8, 4) is 0 Å². The first-order valence-corrected chi connectivity index (χ1v) is 8.68. The number of hydrogen-bond donors (Lipinski definition) is 2. The van der Waals surface area contributed by atoms with Gasteiger partial charge in [0, 0.05) is 23.4 Å². The van der Waals surface area contributed by atoms with Crippen molar-refractivity contribution in [1.29, 1.82) is 0 Å². The summed E-state index contributed by atoms with van der Waals surface area (Å²) in [4.78, 5) is 26.5. The van der Waals surface area contributed by atoms with Crippen LogP contribution in [0.3, 0.4) is 0 Å². The molecule has 8 heteroatoms. The van der Waals surface area contributed by atoms with Gasteiger partial charge in [-0.15, -0.1) is 0 Å². The van der Waals surface area contributed by atoms with Crippen LogP contribution in [0.1, 0.15) is 32.7 Å². The summed E-state index contributed by atoms with van der Waals surface area (Å²) in [5.74, 6) is -0.801. The van der Waals surface area contributed by atoms with Crippen LogP contribution < -0.4 is 10.6 Å². The van der Waals surface area contributed by atoms with E-state index in [-0.39, 0.29) is 17.2 Å². The first-order chi connectivity index (χ1) is 13.2. The molecule has 0 saturated heterocycles. The van der Waals surface area contributed by atoms with E-state index in [1.807, 2.05) is 19.0 Å². The van der Waals surface area contributed by atoms with Crippen LogP contribution >= 0.6 is 0 Å². The van der Waals surface area contributed by atoms with Gasteiger partial charge in [-0.25, -0.2) is 0 Å². The lowest BCUT2D eigenvalue weighted by molar-refractivity contribution is -0.137. The highest BCUT2D eigenvalue weighted by Crippen LogP contribution is 2.29. The standard InChI is InChI=1S/C20H22F3N3O2/c1-26(2)12-4-11-24-18(27)14-5-3-6-15(13-14)19(28)25-17-9-7-16(8-10-17)20(21,22)23/h3,5-10,13H,4,11-12H2,1-2H3,(H,24,27)(H,25,28). The maximum atomic E-state index is 12.6. The molecule has 2 N–H and O–H groups in total. The summed E-state index contributed by atoms with van der Waals surface area (Å²) < 4.78 is 37.8. The molecular formula is C20H22F3N3O2. The summed E-state index contributed by atoms with van der Waals surface area (Å²) >= 11 is 0. The topological polar surface area (TPSA) is 61.4 Å². The lowest BCUT2D eigenvalue weighted by Gasteiger charge is -2.11. The molecule has 0 aliphatic heterocycles. The molecule has 0 aromatic heterocycles. The van der Waals surface area contributed by atoms with Crippen LogP contribution in [0.15, 0.2) is 48.5 Å². The number of carbonyl (C=O) groups excluding carboxylic acids is 2. The summed E-state index contributed by atoms with van der Waals surface area (Å²) in [5, 5.41) is 5.31. The zero-order chi connectivity index (χ0) is 20.7. The Kier molecular flexibility index (Phi) is 7.17. The third-order valence-electron chi connectivity index (χ3n) is 3.92. The van der Waals surface area contributed by atoms with Gasteiger partial charge in [0.15, 0.2) is 0 Å². The second-order valence-corrected chi connectivity index (χ2v) is 6.52. The van der Waals surface area contributed by atoms with Crippen molar-refractivity contribution >= 4 is 17.5 Å². The fourth-order valence-corrected chi connectivity index (χ4v) is 2.45. The Balaban J connectivity index is 1.98. The number of alkyl halides is 3. The summed E-state index contributed by atoms with van der Waals surface area (Å²) in [6, 6.07) is 10.3. The Morgan fingerprint density at radius 3 is 2.14 bits per heavy atom. The SMILES string of the molecule is CN(C)CCCNC(=O)c1cccc(C(=O)Nc2ccc(C(F)(F)F)cc2)c1. The molecule has 0 fully saturated rings. The molecule has 0 atom stereocenters. The van der Waals surface area contributed by atoms with Gasteiger partial charge < -0.3 is 15.5 Å². The van der Waals surface area contributed by atoms with Gasteiger partial charge in [0.05, 0.1) is 5.56 Å². The number of halogens is 3. The molecule has 0 aliphatic rings. The Labute approximate surface area is 161 Å². The summed E-state index contributed by atoms with van der Waals surface area (Å²) in [6.45, 7) is 1.36. The Morgan fingerprint density at radius 1 is 0.964 bits per heavy atom. The van der Waals surface area contributed by atoms with Crippen LogP contribution in [0.4, 0.5) is 18.9 Å². The molecule has 0 saturated carbocycles. The average molecular weight is 393 g/mol. The van der Waals surface area contributed by atoms with Gasteiger partial charge in [0.2, 0.25) is 0 Å². The number of nitrogens with zero attached hydrogens (tertiary/aromatic N) is 1. The summed E-state index contributed by atoms with van der Waals surface area (Å²) in [6.07, 6.45) is -3.64. The van der Waals surface area contributed by atoms with Crippen LogP contribution in [-0.2, 0) is 6.18 Å². The van der Waals surface area contributed by atoms with Crippen molar-refractivity contribution in [2.45, 2.75) is 12.6 Å². The minimum absolute atomic E-state index is 0.233. The zero-order valence-electron chi connectivity index (χ0n) is 15.6. The predicted molar refractivity (Wildman–Crippen MR) is 101 cm³/mol. The molecule has 0 bridgehead atoms. The van der Waals surface area contributed by atoms with Gasteiger partial charge in [-0.2, -0.15) is 13.2 Å². The molecule has 5 nitrogen and oxygen atoms in total. The van der Waals surface area contributed by atoms with Crippen LogP contribution in [0.5, 0.6) is 0 Å². The van der Waals surface area contributed by atoms with E-state index >= 15 is 0 Å². The smallest absolute Gasteiger partial charge is 0.352 e. The van der Waals surface area contributed by atoms with Gasteiger partial charge in [0.1, 0.15) is 0 Å². The van der Waals surface area contributed by atoms with Crippen molar-refractivity contribution in [1.82, 2.24) is 10.2 Å². The van der Waals surface area contributed by atoms with Gasteiger partial charge in [-0.1, -0.05) is 6.07 Å². The van der Waals surface area contributed by atoms with E-state index in [1.54, 1.807) is 12.1 Å². The third-order valence-corrected chi connectivity index (χ3v) is 3.92. The van der Waals surface area contributed by atoms with Crippen LogP contribution in [0.25, 0.3) is 0 Å². The normalized spacial score (nSPS) is 11.4. The third kappa shape index (κ3) is 6.38. The molecule has 2 amide bonds. The van der Waals surface area contributed by atoms with Crippen molar-refractivity contribution in [2.24, 2.45) is 0 Å². The molecule has 2 aromatic carbocycles. The zero-order valence-corrected chi connectivity index (χ0v) is 15.6. The van der Waals surface area contributed by atoms with Crippen molar-refractivity contribution in [3.05, 3.63) is 65.2 Å². The molecule has 0 radical (unpaired) electrons. The highest BCUT2D eigenvalue weighted by Gasteiger charge is 2.30. The maximum absolute atomic E-state index is 12.6. The highest BCUT2D eigenvalue weighted by atomic mass is 19.4. The van der Waals surface area contributed by atoms with E-state index in [4.69, 9.17) is 0 Å². The average Bonchev–Trinajstić information content (AvgIpc) is 2.64. The minimum Gasteiger partial charge on any atom is -0.352 e. The number of benzene rings is 2. The second kappa shape index (κ2) is 9.36. The first-order valence-electron chi connectivity index (χ1n) is 8.68. The molecule has 0 heterocycles. The molecular weight excluding hydrogens is 371 g/mol.